The van der Waals surface area contributed by atoms with Gasteiger partial charge in [-0.3, -0.25) is 0 Å². The Morgan fingerprint density at radius 2 is 1.71 bits per heavy atom. The van der Waals surface area contributed by atoms with Gasteiger partial charge >= 0.3 is 0 Å². The van der Waals surface area contributed by atoms with Crippen LogP contribution in [-0.2, 0) is 0 Å². The molecular formula is C24H27N3O. The third-order valence-corrected chi connectivity index (χ3v) is 6.16. The number of methoxy groups -OCH3 is 1. The Morgan fingerprint density at radius 3 is 2.46 bits per heavy atom. The Bertz CT molecular complexity index is 1000. The fourth-order valence-corrected chi connectivity index (χ4v) is 4.41. The predicted octanol–water partition coefficient (Wildman–Crippen LogP) is 5.21. The maximum Gasteiger partial charge on any atom is 0.140 e. The first-order chi connectivity index (χ1) is 13.7. The monoisotopic (exact) mass is 373 g/mol. The molecule has 0 amide bonds. The van der Waals surface area contributed by atoms with Crippen LogP contribution in [0.25, 0.3) is 10.9 Å². The Balaban J connectivity index is 1.44. The highest BCUT2D eigenvalue weighted by molar-refractivity contribution is 5.90. The molecule has 1 aliphatic heterocycles. The largest absolute Gasteiger partial charge is 0.496 e. The Kier molecular flexibility index (Phi) is 4.42. The first kappa shape index (κ1) is 17.5. The first-order valence-corrected chi connectivity index (χ1v) is 10.4. The van der Waals surface area contributed by atoms with E-state index in [0.717, 1.165) is 48.8 Å². The second-order valence-electron chi connectivity index (χ2n) is 8.20. The second kappa shape index (κ2) is 7.08. The van der Waals surface area contributed by atoms with Crippen LogP contribution in [0.15, 0.2) is 42.5 Å². The van der Waals surface area contributed by atoms with Crippen LogP contribution in [0.4, 0.5) is 5.82 Å². The Morgan fingerprint density at radius 1 is 0.929 bits per heavy atom. The highest BCUT2D eigenvalue weighted by Gasteiger charge is 2.30. The van der Waals surface area contributed by atoms with E-state index in [9.17, 15) is 0 Å². The van der Waals surface area contributed by atoms with E-state index in [-0.39, 0.29) is 0 Å². The van der Waals surface area contributed by atoms with Crippen LogP contribution in [0, 0.1) is 6.92 Å². The molecule has 4 nitrogen and oxygen atoms in total. The second-order valence-corrected chi connectivity index (χ2v) is 8.20. The van der Waals surface area contributed by atoms with Gasteiger partial charge in [-0.05, 0) is 62.3 Å². The van der Waals surface area contributed by atoms with E-state index in [1.54, 1.807) is 7.11 Å². The lowest BCUT2D eigenvalue weighted by atomic mass is 9.88. The third-order valence-electron chi connectivity index (χ3n) is 6.16. The van der Waals surface area contributed by atoms with Gasteiger partial charge in [0.1, 0.15) is 17.4 Å². The van der Waals surface area contributed by atoms with E-state index in [1.807, 2.05) is 6.07 Å². The average molecular weight is 374 g/mol. The van der Waals surface area contributed by atoms with E-state index in [2.05, 4.69) is 48.2 Å². The summed E-state index contributed by atoms with van der Waals surface area (Å²) in [6.45, 7) is 4.19. The minimum absolute atomic E-state index is 0.546. The first-order valence-electron chi connectivity index (χ1n) is 10.4. The zero-order chi connectivity index (χ0) is 19.1. The fraction of sp³-hybridized carbons (Fsp3) is 0.417. The molecule has 0 atom stereocenters. The van der Waals surface area contributed by atoms with Gasteiger partial charge < -0.3 is 9.64 Å². The van der Waals surface area contributed by atoms with Gasteiger partial charge in [-0.2, -0.15) is 0 Å². The smallest absolute Gasteiger partial charge is 0.140 e. The molecule has 0 spiro atoms. The van der Waals surface area contributed by atoms with Crippen LogP contribution < -0.4 is 9.64 Å². The fourth-order valence-electron chi connectivity index (χ4n) is 4.41. The third kappa shape index (κ3) is 3.21. The van der Waals surface area contributed by atoms with Crippen LogP contribution in [-0.4, -0.2) is 30.2 Å². The molecule has 4 heteroatoms. The number of para-hydroxylation sites is 1. The number of aryl methyl sites for hydroxylation is 1. The number of hydrogen-bond donors (Lipinski definition) is 0. The SMILES string of the molecule is COc1ccccc1C1CCN(c2nc(C3CC3)nc3ccc(C)cc23)CC1. The van der Waals surface area contributed by atoms with E-state index in [0.29, 0.717) is 11.8 Å². The molecule has 0 N–H and O–H groups in total. The van der Waals surface area contributed by atoms with Crippen LogP contribution in [0.1, 0.15) is 54.5 Å². The summed E-state index contributed by atoms with van der Waals surface area (Å²) in [6, 6.07) is 15.0. The number of anilines is 1. The molecule has 1 aromatic heterocycles. The number of nitrogens with zero attached hydrogens (tertiary/aromatic N) is 3. The summed E-state index contributed by atoms with van der Waals surface area (Å²) in [4.78, 5) is 12.4. The molecule has 5 rings (SSSR count). The lowest BCUT2D eigenvalue weighted by Crippen LogP contribution is -2.34. The van der Waals surface area contributed by atoms with Crippen LogP contribution in [0.3, 0.4) is 0 Å². The van der Waals surface area contributed by atoms with Gasteiger partial charge in [-0.1, -0.05) is 29.8 Å². The van der Waals surface area contributed by atoms with Crippen molar-refractivity contribution in [2.75, 3.05) is 25.1 Å². The molecule has 0 radical (unpaired) electrons. The summed E-state index contributed by atoms with van der Waals surface area (Å²) in [5.41, 5.74) is 3.69. The van der Waals surface area contributed by atoms with Crippen molar-refractivity contribution >= 4 is 16.7 Å². The Hall–Kier alpha value is -2.62. The molecule has 28 heavy (non-hydrogen) atoms. The minimum atomic E-state index is 0.546. The lowest BCUT2D eigenvalue weighted by molar-refractivity contribution is 0.397. The maximum absolute atomic E-state index is 5.60. The lowest BCUT2D eigenvalue weighted by Gasteiger charge is -2.34. The number of aromatic nitrogens is 2. The number of rotatable bonds is 4. The van der Waals surface area contributed by atoms with Gasteiger partial charge in [0.15, 0.2) is 0 Å². The van der Waals surface area contributed by atoms with E-state index < -0.39 is 0 Å². The van der Waals surface area contributed by atoms with Crippen molar-refractivity contribution in [2.45, 2.75) is 44.4 Å². The molecular weight excluding hydrogens is 346 g/mol. The van der Waals surface area contributed by atoms with Gasteiger partial charge in [0.2, 0.25) is 0 Å². The molecule has 1 saturated heterocycles. The predicted molar refractivity (Wildman–Crippen MR) is 113 cm³/mol. The summed E-state index contributed by atoms with van der Waals surface area (Å²) >= 11 is 0. The topological polar surface area (TPSA) is 38.2 Å². The number of hydrogen-bond acceptors (Lipinski definition) is 4. The number of ether oxygens (including phenoxy) is 1. The van der Waals surface area contributed by atoms with Gasteiger partial charge in [-0.15, -0.1) is 0 Å². The molecule has 3 aromatic rings. The molecule has 0 bridgehead atoms. The average Bonchev–Trinajstić information content (AvgIpc) is 3.58. The van der Waals surface area contributed by atoms with Crippen molar-refractivity contribution in [3.05, 3.63) is 59.4 Å². The normalized spacial score (nSPS) is 17.9. The van der Waals surface area contributed by atoms with Crippen molar-refractivity contribution in [3.8, 4) is 5.75 Å². The highest BCUT2D eigenvalue weighted by atomic mass is 16.5. The highest BCUT2D eigenvalue weighted by Crippen LogP contribution is 2.41. The maximum atomic E-state index is 5.60. The Labute approximate surface area is 166 Å². The molecule has 1 saturated carbocycles. The summed E-state index contributed by atoms with van der Waals surface area (Å²) < 4.78 is 5.60. The molecule has 1 aliphatic carbocycles. The standard InChI is InChI=1S/C24H27N3O/c1-16-7-10-21-20(15-16)24(26-23(25-21)18-8-9-18)27-13-11-17(12-14-27)19-5-3-4-6-22(19)28-2/h3-7,10,15,17-18H,8-9,11-14H2,1-2H3. The van der Waals surface area contributed by atoms with Crippen molar-refractivity contribution in [2.24, 2.45) is 0 Å². The molecule has 2 aliphatic rings. The zero-order valence-electron chi connectivity index (χ0n) is 16.7. The quantitative estimate of drug-likeness (QED) is 0.629. The van der Waals surface area contributed by atoms with E-state index >= 15 is 0 Å². The molecule has 2 fully saturated rings. The van der Waals surface area contributed by atoms with Crippen LogP contribution >= 0.6 is 0 Å². The summed E-state index contributed by atoms with van der Waals surface area (Å²) in [6.07, 6.45) is 4.70. The molecule has 2 aromatic carbocycles. The van der Waals surface area contributed by atoms with E-state index in [4.69, 9.17) is 14.7 Å². The van der Waals surface area contributed by atoms with Gasteiger partial charge in [0.25, 0.3) is 0 Å². The van der Waals surface area contributed by atoms with Crippen molar-refractivity contribution in [1.82, 2.24) is 9.97 Å². The molecule has 2 heterocycles. The van der Waals surface area contributed by atoms with Crippen molar-refractivity contribution in [1.29, 1.82) is 0 Å². The molecule has 0 unspecified atom stereocenters. The van der Waals surface area contributed by atoms with Crippen LogP contribution in [0.2, 0.25) is 0 Å². The van der Waals surface area contributed by atoms with Gasteiger partial charge in [0, 0.05) is 24.4 Å². The molecule has 144 valence electrons. The van der Waals surface area contributed by atoms with Crippen LogP contribution in [0.5, 0.6) is 5.75 Å². The summed E-state index contributed by atoms with van der Waals surface area (Å²) in [7, 11) is 1.77. The van der Waals surface area contributed by atoms with Crippen molar-refractivity contribution < 1.29 is 4.74 Å². The zero-order valence-corrected chi connectivity index (χ0v) is 16.7. The number of piperidine rings is 1. The minimum Gasteiger partial charge on any atom is -0.496 e. The summed E-state index contributed by atoms with van der Waals surface area (Å²) in [5.74, 6) is 4.30. The van der Waals surface area contributed by atoms with Gasteiger partial charge in [0.05, 0.1) is 12.6 Å². The van der Waals surface area contributed by atoms with Crippen molar-refractivity contribution in [3.63, 3.8) is 0 Å². The number of benzene rings is 2. The summed E-state index contributed by atoms with van der Waals surface area (Å²) in [5, 5.41) is 1.19. The number of fused-ring (bicyclic) bond motifs is 1. The van der Waals surface area contributed by atoms with E-state index in [1.165, 1.54) is 29.4 Å². The van der Waals surface area contributed by atoms with Gasteiger partial charge in [-0.25, -0.2) is 9.97 Å².